The van der Waals surface area contributed by atoms with Crippen molar-refractivity contribution < 1.29 is 17.4 Å². The molecule has 1 aromatic heterocycles. The predicted octanol–water partition coefficient (Wildman–Crippen LogP) is 2.64. The molecule has 2 atom stereocenters. The molecule has 0 aromatic carbocycles. The molecule has 0 spiro atoms. The summed E-state index contributed by atoms with van der Waals surface area (Å²) in [7, 11) is -1.56. The van der Waals surface area contributed by atoms with Gasteiger partial charge in [-0.1, -0.05) is 0 Å². The van der Waals surface area contributed by atoms with Crippen LogP contribution in [0.4, 0.5) is 8.78 Å². The van der Waals surface area contributed by atoms with Crippen molar-refractivity contribution in [1.29, 1.82) is 0 Å². The van der Waals surface area contributed by atoms with E-state index in [1.165, 1.54) is 18.4 Å². The average molecular weight is 251 g/mol. The maximum atomic E-state index is 12.8. The summed E-state index contributed by atoms with van der Waals surface area (Å²) in [6.07, 6.45) is -1.36. The quantitative estimate of drug-likeness (QED) is 0.893. The van der Waals surface area contributed by atoms with Gasteiger partial charge in [-0.2, -0.15) is 0 Å². The molecule has 0 saturated heterocycles. The second-order valence-electron chi connectivity index (χ2n) is 4.33. The second-order valence-corrected chi connectivity index (χ2v) is 6.32. The van der Waals surface area contributed by atoms with Crippen LogP contribution < -0.4 is 4.72 Å². The number of halogens is 2. The first-order valence-electron chi connectivity index (χ1n) is 4.82. The molecule has 1 aromatic rings. The summed E-state index contributed by atoms with van der Waals surface area (Å²) in [6.45, 7) is 5.13. The molecule has 0 aliphatic rings. The van der Waals surface area contributed by atoms with Gasteiger partial charge in [0.2, 0.25) is 0 Å². The van der Waals surface area contributed by atoms with Gasteiger partial charge in [-0.05, 0) is 32.9 Å². The van der Waals surface area contributed by atoms with Crippen LogP contribution in [0, 0.1) is 0 Å². The Bertz CT molecular complexity index is 346. The van der Waals surface area contributed by atoms with Crippen molar-refractivity contribution in [3.8, 4) is 0 Å². The molecule has 3 nitrogen and oxygen atoms in total. The summed E-state index contributed by atoms with van der Waals surface area (Å²) < 4.78 is 43.9. The minimum Gasteiger partial charge on any atom is -0.467 e. The van der Waals surface area contributed by atoms with Crippen LogP contribution in [0.15, 0.2) is 22.8 Å². The van der Waals surface area contributed by atoms with Crippen LogP contribution in [0.25, 0.3) is 0 Å². The molecular formula is C10H15F2NO2S. The predicted molar refractivity (Wildman–Crippen MR) is 58.5 cm³/mol. The van der Waals surface area contributed by atoms with Gasteiger partial charge in [0.25, 0.3) is 6.43 Å². The number of furan rings is 1. The normalized spacial score (nSPS) is 16.4. The monoisotopic (exact) mass is 251 g/mol. The van der Waals surface area contributed by atoms with Crippen LogP contribution in [-0.2, 0) is 11.0 Å². The minimum atomic E-state index is -2.67. The van der Waals surface area contributed by atoms with Gasteiger partial charge in [-0.15, -0.1) is 0 Å². The van der Waals surface area contributed by atoms with Gasteiger partial charge in [-0.3, -0.25) is 0 Å². The van der Waals surface area contributed by atoms with E-state index in [0.29, 0.717) is 0 Å². The van der Waals surface area contributed by atoms with Crippen molar-refractivity contribution >= 4 is 11.0 Å². The van der Waals surface area contributed by atoms with Crippen molar-refractivity contribution in [2.24, 2.45) is 0 Å². The molecule has 1 unspecified atom stereocenters. The van der Waals surface area contributed by atoms with Crippen LogP contribution in [0.1, 0.15) is 32.6 Å². The highest BCUT2D eigenvalue weighted by Gasteiger charge is 2.30. The number of alkyl halides is 2. The van der Waals surface area contributed by atoms with E-state index in [2.05, 4.69) is 4.72 Å². The van der Waals surface area contributed by atoms with Crippen LogP contribution in [0.3, 0.4) is 0 Å². The molecule has 0 saturated carbocycles. The summed E-state index contributed by atoms with van der Waals surface area (Å²) in [4.78, 5) is 0. The molecule has 0 radical (unpaired) electrons. The Morgan fingerprint density at radius 2 is 2.06 bits per heavy atom. The molecule has 1 heterocycles. The van der Waals surface area contributed by atoms with Gasteiger partial charge >= 0.3 is 0 Å². The number of hydrogen-bond donors (Lipinski definition) is 1. The van der Waals surface area contributed by atoms with Crippen LogP contribution in [0.2, 0.25) is 0 Å². The van der Waals surface area contributed by atoms with Crippen molar-refractivity contribution in [2.75, 3.05) is 0 Å². The first kappa shape index (κ1) is 13.3. The second kappa shape index (κ2) is 5.05. The molecule has 0 amide bonds. The van der Waals surface area contributed by atoms with E-state index >= 15 is 0 Å². The molecule has 16 heavy (non-hydrogen) atoms. The van der Waals surface area contributed by atoms with Crippen LogP contribution in [0.5, 0.6) is 0 Å². The van der Waals surface area contributed by atoms with E-state index in [0.717, 1.165) is 0 Å². The number of rotatable bonds is 4. The van der Waals surface area contributed by atoms with Gasteiger partial charge in [0.05, 0.1) is 22.0 Å². The maximum Gasteiger partial charge on any atom is 0.261 e. The van der Waals surface area contributed by atoms with Gasteiger partial charge < -0.3 is 4.42 Å². The fourth-order valence-electron chi connectivity index (χ4n) is 0.994. The highest BCUT2D eigenvalue weighted by molar-refractivity contribution is 7.84. The van der Waals surface area contributed by atoms with Gasteiger partial charge in [-0.25, -0.2) is 17.7 Å². The zero-order valence-corrected chi connectivity index (χ0v) is 10.2. The zero-order chi connectivity index (χ0) is 12.3. The van der Waals surface area contributed by atoms with Gasteiger partial charge in [0.15, 0.2) is 0 Å². The zero-order valence-electron chi connectivity index (χ0n) is 9.37. The van der Waals surface area contributed by atoms with Crippen molar-refractivity contribution in [1.82, 2.24) is 4.72 Å². The Labute approximate surface area is 95.8 Å². The first-order chi connectivity index (χ1) is 7.32. The largest absolute Gasteiger partial charge is 0.467 e. The fraction of sp³-hybridized carbons (Fsp3) is 0.600. The Kier molecular flexibility index (Phi) is 4.21. The molecule has 0 bridgehead atoms. The van der Waals surface area contributed by atoms with Gasteiger partial charge in [0, 0.05) is 0 Å². The summed E-state index contributed by atoms with van der Waals surface area (Å²) >= 11 is 0. The third-order valence-electron chi connectivity index (χ3n) is 1.89. The Morgan fingerprint density at radius 1 is 1.44 bits per heavy atom. The van der Waals surface area contributed by atoms with E-state index in [4.69, 9.17) is 4.42 Å². The third kappa shape index (κ3) is 3.38. The molecule has 0 aliphatic heterocycles. The SMILES string of the molecule is CC(C)(C)S(=O)N[C@@H](c1ccco1)C(F)F. The standard InChI is InChI=1S/C10H15F2NO2S/c1-10(2,3)16(14)13-8(9(11)12)7-5-4-6-15-7/h4-6,8-9,13H,1-3H3/t8-,16?/m0/s1. The molecule has 92 valence electrons. The van der Waals surface area contributed by atoms with E-state index in [9.17, 15) is 13.0 Å². The molecule has 0 fully saturated rings. The minimum absolute atomic E-state index is 0.0904. The lowest BCUT2D eigenvalue weighted by molar-refractivity contribution is 0.0993. The lowest BCUT2D eigenvalue weighted by Crippen LogP contribution is -2.38. The van der Waals surface area contributed by atoms with E-state index in [1.54, 1.807) is 20.8 Å². The van der Waals surface area contributed by atoms with E-state index < -0.39 is 28.2 Å². The van der Waals surface area contributed by atoms with Crippen molar-refractivity contribution in [3.05, 3.63) is 24.2 Å². The third-order valence-corrected chi connectivity index (χ3v) is 3.47. The van der Waals surface area contributed by atoms with Gasteiger partial charge in [0.1, 0.15) is 11.8 Å². The topological polar surface area (TPSA) is 42.2 Å². The van der Waals surface area contributed by atoms with E-state index in [1.807, 2.05) is 0 Å². The number of hydrogen-bond acceptors (Lipinski definition) is 2. The van der Waals surface area contributed by atoms with Crippen LogP contribution >= 0.6 is 0 Å². The summed E-state index contributed by atoms with van der Waals surface area (Å²) in [6, 6.07) is 1.62. The first-order valence-corrected chi connectivity index (χ1v) is 5.97. The summed E-state index contributed by atoms with van der Waals surface area (Å²) in [5, 5.41) is 0. The molecule has 1 rings (SSSR count). The number of nitrogens with one attached hydrogen (secondary N) is 1. The lowest BCUT2D eigenvalue weighted by atomic mass is 10.2. The smallest absolute Gasteiger partial charge is 0.261 e. The van der Waals surface area contributed by atoms with Crippen molar-refractivity contribution in [2.45, 2.75) is 38.0 Å². The Morgan fingerprint density at radius 3 is 2.44 bits per heavy atom. The van der Waals surface area contributed by atoms with Crippen LogP contribution in [-0.4, -0.2) is 15.4 Å². The lowest BCUT2D eigenvalue weighted by Gasteiger charge is -2.22. The summed E-state index contributed by atoms with van der Waals surface area (Å²) in [5.74, 6) is 0.0904. The summed E-state index contributed by atoms with van der Waals surface area (Å²) in [5.41, 5.74) is 0. The Balaban J connectivity index is 2.78. The van der Waals surface area contributed by atoms with Crippen molar-refractivity contribution in [3.63, 3.8) is 0 Å². The average Bonchev–Trinajstić information content (AvgIpc) is 2.63. The van der Waals surface area contributed by atoms with E-state index in [-0.39, 0.29) is 5.76 Å². The maximum absolute atomic E-state index is 12.8. The fourth-order valence-corrected chi connectivity index (χ4v) is 1.80. The molecular weight excluding hydrogens is 236 g/mol. The molecule has 1 N–H and O–H groups in total. The molecule has 6 heteroatoms. The molecule has 0 aliphatic carbocycles. The Hall–Kier alpha value is -0.750. The highest BCUT2D eigenvalue weighted by Crippen LogP contribution is 2.23. The highest BCUT2D eigenvalue weighted by atomic mass is 32.2.